The predicted molar refractivity (Wildman–Crippen MR) is 190 cm³/mol. The lowest BCUT2D eigenvalue weighted by Gasteiger charge is -2.36. The molecule has 1 fully saturated rings. The molecular formula is C39H55NO4Si. The highest BCUT2D eigenvalue weighted by atomic mass is 28.4. The van der Waals surface area contributed by atoms with Gasteiger partial charge in [-0.05, 0) is 114 Å². The molecule has 0 spiro atoms. The van der Waals surface area contributed by atoms with E-state index in [-0.39, 0.29) is 16.4 Å². The highest BCUT2D eigenvalue weighted by Gasteiger charge is 2.36. The van der Waals surface area contributed by atoms with Gasteiger partial charge < -0.3 is 19.2 Å². The monoisotopic (exact) mass is 629 g/mol. The van der Waals surface area contributed by atoms with Gasteiger partial charge in [0.25, 0.3) is 0 Å². The van der Waals surface area contributed by atoms with Gasteiger partial charge in [0.05, 0.1) is 18.8 Å². The summed E-state index contributed by atoms with van der Waals surface area (Å²) in [5.74, 6) is 1.14. The highest BCUT2D eigenvalue weighted by Crippen LogP contribution is 2.40. The molecule has 0 saturated carbocycles. The van der Waals surface area contributed by atoms with Gasteiger partial charge in [-0.2, -0.15) is 0 Å². The standard InChI is InChI=1S/C39H55NO4Si/c1-10-42-37(41)29-15-13-28(14-16-29)30-18-20-36(43-23-11-12-24-44-45(8,9)39(5,6)7)34(25-30)31-17-19-33(32-21-22-40-27-32)35(26-31)38(2,3)4/h13-20,25-26,32,40H,10-12,21-24,27H2,1-9H3. The average molecular weight is 630 g/mol. The molecule has 45 heavy (non-hydrogen) atoms. The van der Waals surface area contributed by atoms with Crippen molar-refractivity contribution >= 4 is 14.3 Å². The molecule has 1 aliphatic heterocycles. The van der Waals surface area contributed by atoms with Crippen LogP contribution < -0.4 is 10.1 Å². The Morgan fingerprint density at radius 1 is 0.867 bits per heavy atom. The van der Waals surface area contributed by atoms with E-state index in [1.807, 2.05) is 31.2 Å². The predicted octanol–water partition coefficient (Wildman–Crippen LogP) is 9.75. The third kappa shape index (κ3) is 8.87. The van der Waals surface area contributed by atoms with E-state index < -0.39 is 8.32 Å². The van der Waals surface area contributed by atoms with Gasteiger partial charge in [-0.15, -0.1) is 0 Å². The lowest BCUT2D eigenvalue weighted by atomic mass is 9.78. The number of carbonyl (C=O) groups is 1. The molecule has 1 aliphatic rings. The fraction of sp³-hybridized carbons (Fsp3) is 0.513. The number of rotatable bonds is 12. The first-order valence-corrected chi connectivity index (χ1v) is 19.7. The van der Waals surface area contributed by atoms with Crippen molar-refractivity contribution in [3.8, 4) is 28.0 Å². The van der Waals surface area contributed by atoms with Crippen LogP contribution >= 0.6 is 0 Å². The number of benzene rings is 3. The Morgan fingerprint density at radius 3 is 2.16 bits per heavy atom. The first kappa shape index (κ1) is 34.9. The summed E-state index contributed by atoms with van der Waals surface area (Å²) in [4.78, 5) is 12.2. The van der Waals surface area contributed by atoms with Crippen molar-refractivity contribution in [3.63, 3.8) is 0 Å². The van der Waals surface area contributed by atoms with Crippen LogP contribution in [0.2, 0.25) is 18.1 Å². The van der Waals surface area contributed by atoms with Gasteiger partial charge in [-0.25, -0.2) is 4.79 Å². The Morgan fingerprint density at radius 2 is 1.53 bits per heavy atom. The summed E-state index contributed by atoms with van der Waals surface area (Å²) in [5.41, 5.74) is 7.79. The van der Waals surface area contributed by atoms with E-state index in [1.54, 1.807) is 0 Å². The highest BCUT2D eigenvalue weighted by molar-refractivity contribution is 6.74. The van der Waals surface area contributed by atoms with E-state index in [1.165, 1.54) is 17.5 Å². The van der Waals surface area contributed by atoms with Crippen LogP contribution in [-0.2, 0) is 14.6 Å². The van der Waals surface area contributed by atoms with Crippen molar-refractivity contribution < 1.29 is 18.7 Å². The lowest BCUT2D eigenvalue weighted by molar-refractivity contribution is 0.0526. The van der Waals surface area contributed by atoms with Crippen molar-refractivity contribution in [2.24, 2.45) is 0 Å². The fourth-order valence-electron chi connectivity index (χ4n) is 5.65. The number of hydrogen-bond acceptors (Lipinski definition) is 5. The van der Waals surface area contributed by atoms with E-state index in [0.717, 1.165) is 60.5 Å². The van der Waals surface area contributed by atoms with Crippen molar-refractivity contribution in [1.82, 2.24) is 5.32 Å². The number of carbonyl (C=O) groups excluding carboxylic acids is 1. The number of ether oxygens (including phenoxy) is 2. The summed E-state index contributed by atoms with van der Waals surface area (Å²) in [6.07, 6.45) is 3.09. The van der Waals surface area contributed by atoms with Crippen molar-refractivity contribution in [2.75, 3.05) is 32.9 Å². The zero-order valence-electron chi connectivity index (χ0n) is 29.1. The normalized spacial score (nSPS) is 15.7. The van der Waals surface area contributed by atoms with Crippen molar-refractivity contribution in [2.45, 2.75) is 97.2 Å². The second kappa shape index (κ2) is 14.7. The minimum absolute atomic E-state index is 0.0135. The first-order chi connectivity index (χ1) is 21.2. The molecule has 1 saturated heterocycles. The molecule has 6 heteroatoms. The fourth-order valence-corrected chi connectivity index (χ4v) is 6.74. The molecule has 0 radical (unpaired) electrons. The largest absolute Gasteiger partial charge is 0.493 e. The van der Waals surface area contributed by atoms with Gasteiger partial charge in [-0.3, -0.25) is 0 Å². The van der Waals surface area contributed by atoms with E-state index in [2.05, 4.69) is 96.4 Å². The molecule has 1 heterocycles. The smallest absolute Gasteiger partial charge is 0.338 e. The molecule has 0 bridgehead atoms. The minimum atomic E-state index is -1.74. The van der Waals surface area contributed by atoms with Crippen LogP contribution in [0, 0.1) is 0 Å². The Balaban J connectivity index is 1.61. The molecule has 0 aromatic heterocycles. The maximum atomic E-state index is 12.2. The minimum Gasteiger partial charge on any atom is -0.493 e. The Bertz CT molecular complexity index is 1430. The Hall–Kier alpha value is -2.93. The van der Waals surface area contributed by atoms with Gasteiger partial charge in [0.2, 0.25) is 0 Å². The molecule has 1 unspecified atom stereocenters. The summed E-state index contributed by atoms with van der Waals surface area (Å²) >= 11 is 0. The molecule has 0 aliphatic carbocycles. The third-order valence-corrected chi connectivity index (χ3v) is 14.0. The molecule has 1 atom stereocenters. The molecule has 1 N–H and O–H groups in total. The number of esters is 1. The van der Waals surface area contributed by atoms with E-state index in [9.17, 15) is 4.79 Å². The Kier molecular flexibility index (Phi) is 11.4. The molecule has 3 aromatic rings. The zero-order chi connectivity index (χ0) is 32.8. The van der Waals surface area contributed by atoms with Gasteiger partial charge in [0.1, 0.15) is 5.75 Å². The summed E-state index contributed by atoms with van der Waals surface area (Å²) in [6, 6.07) is 21.1. The van der Waals surface area contributed by atoms with Crippen LogP contribution in [0.1, 0.15) is 95.1 Å². The van der Waals surface area contributed by atoms with Crippen LogP contribution in [0.25, 0.3) is 22.3 Å². The molecular weight excluding hydrogens is 575 g/mol. The van der Waals surface area contributed by atoms with E-state index in [0.29, 0.717) is 24.7 Å². The van der Waals surface area contributed by atoms with Crippen LogP contribution in [0.4, 0.5) is 0 Å². The second-order valence-corrected chi connectivity index (χ2v) is 19.7. The topological polar surface area (TPSA) is 56.8 Å². The van der Waals surface area contributed by atoms with Gasteiger partial charge in [0.15, 0.2) is 8.32 Å². The van der Waals surface area contributed by atoms with Crippen molar-refractivity contribution in [3.05, 3.63) is 77.4 Å². The maximum Gasteiger partial charge on any atom is 0.338 e. The van der Waals surface area contributed by atoms with Crippen LogP contribution in [0.15, 0.2) is 60.7 Å². The van der Waals surface area contributed by atoms with Crippen molar-refractivity contribution in [1.29, 1.82) is 0 Å². The number of hydrogen-bond donors (Lipinski definition) is 1. The summed E-state index contributed by atoms with van der Waals surface area (Å²) in [5, 5.41) is 3.76. The Labute approximate surface area is 273 Å². The zero-order valence-corrected chi connectivity index (χ0v) is 30.1. The number of nitrogens with one attached hydrogen (secondary N) is 1. The van der Waals surface area contributed by atoms with Crippen LogP contribution in [0.3, 0.4) is 0 Å². The summed E-state index contributed by atoms with van der Waals surface area (Å²) in [7, 11) is -1.74. The number of unbranched alkanes of at least 4 members (excludes halogenated alkanes) is 1. The maximum absolute atomic E-state index is 12.2. The molecule has 3 aromatic carbocycles. The van der Waals surface area contributed by atoms with Gasteiger partial charge >= 0.3 is 5.97 Å². The van der Waals surface area contributed by atoms with Crippen LogP contribution in [-0.4, -0.2) is 47.2 Å². The van der Waals surface area contributed by atoms with Gasteiger partial charge in [0, 0.05) is 18.7 Å². The first-order valence-electron chi connectivity index (χ1n) is 16.7. The van der Waals surface area contributed by atoms with Crippen LogP contribution in [0.5, 0.6) is 5.75 Å². The molecule has 5 nitrogen and oxygen atoms in total. The quantitative estimate of drug-likeness (QED) is 0.123. The van der Waals surface area contributed by atoms with E-state index >= 15 is 0 Å². The summed E-state index contributed by atoms with van der Waals surface area (Å²) in [6.45, 7) is 24.1. The van der Waals surface area contributed by atoms with Gasteiger partial charge in [-0.1, -0.05) is 77.9 Å². The van der Waals surface area contributed by atoms with E-state index in [4.69, 9.17) is 13.9 Å². The summed E-state index contributed by atoms with van der Waals surface area (Å²) < 4.78 is 18.1. The molecule has 4 rings (SSSR count). The average Bonchev–Trinajstić information content (AvgIpc) is 3.53. The second-order valence-electron chi connectivity index (χ2n) is 14.9. The lowest BCUT2D eigenvalue weighted by Crippen LogP contribution is -2.41. The molecule has 244 valence electrons. The third-order valence-electron chi connectivity index (χ3n) is 9.45. The SMILES string of the molecule is CCOC(=O)c1ccc(-c2ccc(OCCCCO[Si](C)(C)C(C)(C)C)c(-c3ccc(C4CCNC4)c(C(C)(C)C)c3)c2)cc1. The molecule has 0 amide bonds.